The molecule has 1 aliphatic rings. The van der Waals surface area contributed by atoms with E-state index < -0.39 is 5.92 Å². The lowest BCUT2D eigenvalue weighted by molar-refractivity contribution is -0.119. The average molecular weight is 316 g/mol. The van der Waals surface area contributed by atoms with E-state index in [9.17, 15) is 4.79 Å². The molecule has 1 aromatic carbocycles. The number of carbonyl (C=O) groups is 1. The molecule has 0 N–H and O–H groups in total. The van der Waals surface area contributed by atoms with Crippen molar-refractivity contribution in [1.82, 2.24) is 0 Å². The number of benzene rings is 1. The van der Waals surface area contributed by atoms with Crippen molar-refractivity contribution in [3.05, 3.63) is 27.2 Å². The standard InChI is InChI=1S/C13H9Cl3N2O/c1-3-4-9-7(2)17-18(13(9)19)12-10(15)5-8(14)6-11(12)16/h1,5-6,9H,4H2,2H3. The fraction of sp³-hybridized carbons (Fsp3) is 0.231. The van der Waals surface area contributed by atoms with Gasteiger partial charge in [-0.25, -0.2) is 0 Å². The number of amides is 1. The topological polar surface area (TPSA) is 32.7 Å². The summed E-state index contributed by atoms with van der Waals surface area (Å²) in [6.07, 6.45) is 5.55. The Labute approximate surface area is 126 Å². The van der Waals surface area contributed by atoms with Crippen molar-refractivity contribution in [3.8, 4) is 12.3 Å². The van der Waals surface area contributed by atoms with Crippen molar-refractivity contribution in [3.63, 3.8) is 0 Å². The van der Waals surface area contributed by atoms with E-state index in [4.69, 9.17) is 41.2 Å². The van der Waals surface area contributed by atoms with Crippen LogP contribution in [0.25, 0.3) is 0 Å². The van der Waals surface area contributed by atoms with E-state index in [-0.39, 0.29) is 16.0 Å². The van der Waals surface area contributed by atoms with Crippen molar-refractivity contribution < 1.29 is 4.79 Å². The maximum absolute atomic E-state index is 12.3. The van der Waals surface area contributed by atoms with Gasteiger partial charge in [0.1, 0.15) is 5.69 Å². The zero-order chi connectivity index (χ0) is 14.2. The number of nitrogens with zero attached hydrogens (tertiary/aromatic N) is 2. The van der Waals surface area contributed by atoms with Crippen LogP contribution < -0.4 is 5.01 Å². The Hall–Kier alpha value is -1.21. The second-order valence-corrected chi connectivity index (χ2v) is 5.32. The van der Waals surface area contributed by atoms with Gasteiger partial charge in [-0.05, 0) is 19.1 Å². The first kappa shape index (κ1) is 14.2. The first-order valence-corrected chi connectivity index (χ1v) is 6.56. The van der Waals surface area contributed by atoms with E-state index >= 15 is 0 Å². The molecule has 2 rings (SSSR count). The lowest BCUT2D eigenvalue weighted by Gasteiger charge is -2.16. The van der Waals surface area contributed by atoms with Gasteiger partial charge in [0.25, 0.3) is 5.91 Å². The van der Waals surface area contributed by atoms with Gasteiger partial charge in [-0.3, -0.25) is 4.79 Å². The largest absolute Gasteiger partial charge is 0.272 e. The first-order valence-electron chi connectivity index (χ1n) is 5.42. The molecular formula is C13H9Cl3N2O. The van der Waals surface area contributed by atoms with E-state index in [0.29, 0.717) is 22.8 Å². The third-order valence-electron chi connectivity index (χ3n) is 2.78. The summed E-state index contributed by atoms with van der Waals surface area (Å²) in [6.45, 7) is 1.75. The van der Waals surface area contributed by atoms with Crippen LogP contribution in [0.1, 0.15) is 13.3 Å². The number of hydrazone groups is 1. The van der Waals surface area contributed by atoms with Crippen molar-refractivity contribution >= 4 is 52.1 Å². The maximum atomic E-state index is 12.3. The highest BCUT2D eigenvalue weighted by atomic mass is 35.5. The van der Waals surface area contributed by atoms with Crippen molar-refractivity contribution in [2.75, 3.05) is 5.01 Å². The van der Waals surface area contributed by atoms with Crippen molar-refractivity contribution in [1.29, 1.82) is 0 Å². The van der Waals surface area contributed by atoms with Gasteiger partial charge in [-0.1, -0.05) is 34.8 Å². The van der Waals surface area contributed by atoms with Gasteiger partial charge in [0.05, 0.1) is 16.0 Å². The maximum Gasteiger partial charge on any atom is 0.257 e. The van der Waals surface area contributed by atoms with Crippen LogP contribution in [0.3, 0.4) is 0 Å². The fourth-order valence-electron chi connectivity index (χ4n) is 1.85. The Balaban J connectivity index is 2.46. The molecule has 0 aliphatic carbocycles. The summed E-state index contributed by atoms with van der Waals surface area (Å²) in [5, 5.41) is 6.31. The Morgan fingerprint density at radius 2 is 1.95 bits per heavy atom. The van der Waals surface area contributed by atoms with Gasteiger partial charge < -0.3 is 0 Å². The van der Waals surface area contributed by atoms with Crippen LogP contribution in [0.2, 0.25) is 15.1 Å². The van der Waals surface area contributed by atoms with Crippen LogP contribution in [0.4, 0.5) is 5.69 Å². The zero-order valence-corrected chi connectivity index (χ0v) is 12.2. The number of anilines is 1. The van der Waals surface area contributed by atoms with Gasteiger partial charge in [0.15, 0.2) is 0 Å². The zero-order valence-electron chi connectivity index (χ0n) is 9.95. The van der Waals surface area contributed by atoms with Crippen LogP contribution in [0.5, 0.6) is 0 Å². The number of halogens is 3. The van der Waals surface area contributed by atoms with Gasteiger partial charge in [0, 0.05) is 17.2 Å². The van der Waals surface area contributed by atoms with E-state index in [0.717, 1.165) is 0 Å². The minimum Gasteiger partial charge on any atom is -0.272 e. The van der Waals surface area contributed by atoms with Crippen LogP contribution >= 0.6 is 34.8 Å². The van der Waals surface area contributed by atoms with Crippen LogP contribution in [0, 0.1) is 18.3 Å². The van der Waals surface area contributed by atoms with Gasteiger partial charge in [-0.15, -0.1) is 12.3 Å². The van der Waals surface area contributed by atoms with Crippen molar-refractivity contribution in [2.24, 2.45) is 11.0 Å². The predicted molar refractivity (Wildman–Crippen MR) is 79.0 cm³/mol. The fourth-order valence-corrected chi connectivity index (χ4v) is 2.83. The van der Waals surface area contributed by atoms with Gasteiger partial charge in [0.2, 0.25) is 0 Å². The molecule has 0 aromatic heterocycles. The molecule has 6 heteroatoms. The Kier molecular flexibility index (Phi) is 4.05. The monoisotopic (exact) mass is 314 g/mol. The highest BCUT2D eigenvalue weighted by molar-refractivity contribution is 6.42. The van der Waals surface area contributed by atoms with Crippen molar-refractivity contribution in [2.45, 2.75) is 13.3 Å². The molecule has 0 saturated heterocycles. The predicted octanol–water partition coefficient (Wildman–Crippen LogP) is 4.01. The minimum atomic E-state index is -0.423. The number of rotatable bonds is 2. The molecule has 3 nitrogen and oxygen atoms in total. The highest BCUT2D eigenvalue weighted by Gasteiger charge is 2.35. The second kappa shape index (κ2) is 5.42. The number of hydrogen-bond donors (Lipinski definition) is 0. The molecule has 19 heavy (non-hydrogen) atoms. The first-order chi connectivity index (χ1) is 8.95. The smallest absolute Gasteiger partial charge is 0.257 e. The van der Waals surface area contributed by atoms with E-state index in [2.05, 4.69) is 11.0 Å². The molecule has 1 unspecified atom stereocenters. The van der Waals surface area contributed by atoms with Gasteiger partial charge >= 0.3 is 0 Å². The van der Waals surface area contributed by atoms with Crippen LogP contribution in [0.15, 0.2) is 17.2 Å². The quantitative estimate of drug-likeness (QED) is 0.759. The summed E-state index contributed by atoms with van der Waals surface area (Å²) < 4.78 is 0. The highest BCUT2D eigenvalue weighted by Crippen LogP contribution is 2.39. The molecule has 1 atom stereocenters. The van der Waals surface area contributed by atoms with Crippen LogP contribution in [-0.4, -0.2) is 11.6 Å². The molecule has 0 spiro atoms. The Morgan fingerprint density at radius 1 is 1.37 bits per heavy atom. The molecule has 98 valence electrons. The summed E-state index contributed by atoms with van der Waals surface area (Å²) in [4.78, 5) is 12.3. The SMILES string of the molecule is C#CCC1C(=O)N(c2c(Cl)cc(Cl)cc2Cl)N=C1C. The Morgan fingerprint density at radius 3 is 2.47 bits per heavy atom. The molecule has 1 aliphatic heterocycles. The summed E-state index contributed by atoms with van der Waals surface area (Å²) in [5.74, 6) is 1.81. The third kappa shape index (κ3) is 2.57. The minimum absolute atomic E-state index is 0.235. The number of hydrogen-bond acceptors (Lipinski definition) is 2. The summed E-state index contributed by atoms with van der Waals surface area (Å²) in [6, 6.07) is 3.02. The number of terminal acetylenes is 1. The third-order valence-corrected chi connectivity index (χ3v) is 3.58. The molecule has 0 bridgehead atoms. The molecule has 1 heterocycles. The molecule has 0 radical (unpaired) electrons. The van der Waals surface area contributed by atoms with E-state index in [1.165, 1.54) is 17.1 Å². The molecule has 1 aromatic rings. The average Bonchev–Trinajstić information content (AvgIpc) is 2.56. The lowest BCUT2D eigenvalue weighted by atomic mass is 10.0. The lowest BCUT2D eigenvalue weighted by Crippen LogP contribution is -2.27. The normalized spacial score (nSPS) is 18.5. The molecule has 0 fully saturated rings. The Bertz CT molecular complexity index is 596. The summed E-state index contributed by atoms with van der Waals surface area (Å²) in [7, 11) is 0. The summed E-state index contributed by atoms with van der Waals surface area (Å²) >= 11 is 18.0. The van der Waals surface area contributed by atoms with Gasteiger partial charge in [-0.2, -0.15) is 10.1 Å². The molecular weight excluding hydrogens is 307 g/mol. The summed E-state index contributed by atoms with van der Waals surface area (Å²) in [5.41, 5.74) is 0.974. The molecule has 0 saturated carbocycles. The number of carbonyl (C=O) groups excluding carboxylic acids is 1. The van der Waals surface area contributed by atoms with E-state index in [1.54, 1.807) is 6.92 Å². The molecule has 1 amide bonds. The van der Waals surface area contributed by atoms with E-state index in [1.807, 2.05) is 0 Å². The second-order valence-electron chi connectivity index (χ2n) is 4.07. The van der Waals surface area contributed by atoms with Crippen LogP contribution in [-0.2, 0) is 4.79 Å².